The zero-order valence-corrected chi connectivity index (χ0v) is 27.2. The van der Waals surface area contributed by atoms with Crippen LogP contribution in [0.5, 0.6) is 0 Å². The Morgan fingerprint density at radius 1 is 0.667 bits per heavy atom. The lowest BCUT2D eigenvalue weighted by molar-refractivity contribution is -0.116. The van der Waals surface area contributed by atoms with E-state index < -0.39 is 17.1 Å². The van der Waals surface area contributed by atoms with Crippen LogP contribution in [0.3, 0.4) is 0 Å². The van der Waals surface area contributed by atoms with Gasteiger partial charge in [0.1, 0.15) is 10.9 Å². The largest absolute Gasteiger partial charge is 0.324 e. The highest BCUT2D eigenvalue weighted by atomic mass is 35.5. The number of nitrogens with one attached hydrogen (secondary N) is 3. The Morgan fingerprint density at radius 2 is 1.33 bits per heavy atom. The number of carbonyl (C=O) groups excluding carboxylic acids is 3. The van der Waals surface area contributed by atoms with Gasteiger partial charge < -0.3 is 16.0 Å². The Morgan fingerprint density at radius 3 is 2.12 bits per heavy atom. The Bertz CT molecular complexity index is 2110. The van der Waals surface area contributed by atoms with Gasteiger partial charge in [0.05, 0.1) is 0 Å². The van der Waals surface area contributed by atoms with Crippen molar-refractivity contribution in [3.05, 3.63) is 179 Å². The maximum Gasteiger partial charge on any atom is 0.272 e. The Balaban J connectivity index is 1.25. The molecule has 0 heterocycles. The number of halogens is 1. The molecule has 0 aliphatic rings. The fourth-order valence-electron chi connectivity index (χ4n) is 5.11. The van der Waals surface area contributed by atoms with Crippen LogP contribution in [0.15, 0.2) is 162 Å². The number of anilines is 2. The van der Waals surface area contributed by atoms with Crippen LogP contribution in [0.2, 0.25) is 5.02 Å². The molecule has 0 aliphatic carbocycles. The van der Waals surface area contributed by atoms with Crippen molar-refractivity contribution in [1.29, 1.82) is 0 Å². The van der Waals surface area contributed by atoms with E-state index in [-0.39, 0.29) is 11.6 Å². The number of fused-ring (bicyclic) bond motifs is 1. The van der Waals surface area contributed by atoms with Gasteiger partial charge in [-0.05, 0) is 65.1 Å². The fraction of sp³-hybridized carbons (Fsp3) is 0.0250. The normalized spacial score (nSPS) is 11.8. The molecule has 236 valence electrons. The van der Waals surface area contributed by atoms with Crippen molar-refractivity contribution >= 4 is 69.3 Å². The summed E-state index contributed by atoms with van der Waals surface area (Å²) in [5.41, 5.74) is 3.06. The summed E-state index contributed by atoms with van der Waals surface area (Å²) in [6, 6.07) is 46.3. The number of carbonyl (C=O) groups is 3. The molecule has 8 heteroatoms. The number of rotatable bonds is 10. The zero-order valence-electron chi connectivity index (χ0n) is 25.6. The summed E-state index contributed by atoms with van der Waals surface area (Å²) in [5.74, 6) is -1.14. The van der Waals surface area contributed by atoms with Gasteiger partial charge in [-0.1, -0.05) is 121 Å². The van der Waals surface area contributed by atoms with Crippen molar-refractivity contribution in [1.82, 2.24) is 5.32 Å². The average Bonchev–Trinajstić information content (AvgIpc) is 3.12. The van der Waals surface area contributed by atoms with Crippen LogP contribution < -0.4 is 16.0 Å². The number of hydrogen-bond acceptors (Lipinski definition) is 4. The molecule has 0 aliphatic heterocycles. The van der Waals surface area contributed by atoms with Gasteiger partial charge in [-0.15, -0.1) is 11.8 Å². The van der Waals surface area contributed by atoms with Gasteiger partial charge >= 0.3 is 0 Å². The van der Waals surface area contributed by atoms with Crippen molar-refractivity contribution < 1.29 is 14.4 Å². The molecular weight excluding hydrogens is 638 g/mol. The zero-order chi connectivity index (χ0) is 33.3. The lowest BCUT2D eigenvalue weighted by Crippen LogP contribution is -2.30. The third-order valence-corrected chi connectivity index (χ3v) is 9.06. The van der Waals surface area contributed by atoms with Crippen LogP contribution in [0, 0.1) is 0 Å². The third-order valence-electron chi connectivity index (χ3n) is 7.47. The first-order valence-corrected chi connectivity index (χ1v) is 16.4. The standard InChI is InChI=1S/C40H30ClN3O3S/c41-34-23-10-8-18-30(34)25-36(44-38(45)29-16-5-2-6-17-29)39(46)42-31-20-12-21-32(26-31)48-37(28-14-3-1-4-15-28)40(47)43-35-24-11-19-27-13-7-9-22-33(27)35/h1-26,37H,(H,42,46)(H,43,47)(H,44,45)/b36-25+. The van der Waals surface area contributed by atoms with Crippen LogP contribution >= 0.6 is 23.4 Å². The molecule has 0 bridgehead atoms. The fourth-order valence-corrected chi connectivity index (χ4v) is 6.38. The van der Waals surface area contributed by atoms with E-state index in [1.165, 1.54) is 11.8 Å². The predicted octanol–water partition coefficient (Wildman–Crippen LogP) is 9.37. The molecule has 0 aromatic heterocycles. The maximum absolute atomic E-state index is 13.9. The Hall–Kier alpha value is -5.63. The minimum atomic E-state index is -0.586. The topological polar surface area (TPSA) is 87.3 Å². The van der Waals surface area contributed by atoms with Gasteiger partial charge in [0, 0.05) is 32.2 Å². The van der Waals surface area contributed by atoms with Crippen molar-refractivity contribution in [2.45, 2.75) is 10.1 Å². The molecule has 48 heavy (non-hydrogen) atoms. The van der Waals surface area contributed by atoms with Crippen LogP contribution in [-0.2, 0) is 9.59 Å². The van der Waals surface area contributed by atoms with Crippen LogP contribution in [-0.4, -0.2) is 17.7 Å². The van der Waals surface area contributed by atoms with E-state index in [0.29, 0.717) is 21.8 Å². The van der Waals surface area contributed by atoms with Gasteiger partial charge in [0.25, 0.3) is 11.8 Å². The first kappa shape index (κ1) is 32.3. The second-order valence-corrected chi connectivity index (χ2v) is 12.4. The first-order chi connectivity index (χ1) is 23.4. The molecule has 6 nitrogen and oxygen atoms in total. The maximum atomic E-state index is 13.9. The van der Waals surface area contributed by atoms with Crippen molar-refractivity contribution in [3.63, 3.8) is 0 Å². The molecule has 0 saturated carbocycles. The molecule has 0 fully saturated rings. The molecule has 1 atom stereocenters. The Labute approximate surface area is 287 Å². The lowest BCUT2D eigenvalue weighted by atomic mass is 10.1. The van der Waals surface area contributed by atoms with Gasteiger partial charge in [-0.3, -0.25) is 14.4 Å². The lowest BCUT2D eigenvalue weighted by Gasteiger charge is -2.18. The minimum Gasteiger partial charge on any atom is -0.324 e. The molecule has 1 unspecified atom stereocenters. The molecule has 0 spiro atoms. The second-order valence-electron chi connectivity index (χ2n) is 10.8. The molecule has 3 amide bonds. The van der Waals surface area contributed by atoms with E-state index in [4.69, 9.17) is 11.6 Å². The molecular formula is C40H30ClN3O3S. The highest BCUT2D eigenvalue weighted by molar-refractivity contribution is 8.00. The van der Waals surface area contributed by atoms with Gasteiger partial charge in [0.15, 0.2) is 0 Å². The van der Waals surface area contributed by atoms with E-state index in [0.717, 1.165) is 26.9 Å². The minimum absolute atomic E-state index is 0.0200. The monoisotopic (exact) mass is 667 g/mol. The molecule has 3 N–H and O–H groups in total. The molecule has 0 radical (unpaired) electrons. The summed E-state index contributed by atoms with van der Waals surface area (Å²) in [6.07, 6.45) is 1.54. The molecule has 6 aromatic carbocycles. The number of hydrogen-bond donors (Lipinski definition) is 3. The number of benzene rings is 6. The average molecular weight is 668 g/mol. The van der Waals surface area contributed by atoms with Crippen molar-refractivity contribution in [2.75, 3.05) is 10.6 Å². The van der Waals surface area contributed by atoms with E-state index in [1.807, 2.05) is 91.0 Å². The Kier molecular flexibility index (Phi) is 10.3. The second kappa shape index (κ2) is 15.3. The summed E-state index contributed by atoms with van der Waals surface area (Å²) in [4.78, 5) is 41.4. The highest BCUT2D eigenvalue weighted by Crippen LogP contribution is 2.38. The SMILES string of the molecule is O=C(Nc1cccc(SC(C(=O)Nc2cccc3ccccc23)c2ccccc2)c1)/C(=C\c1ccccc1Cl)NC(=O)c1ccccc1. The summed E-state index contributed by atoms with van der Waals surface area (Å²) in [5, 5.41) is 10.6. The predicted molar refractivity (Wildman–Crippen MR) is 196 cm³/mol. The third kappa shape index (κ3) is 8.01. The van der Waals surface area contributed by atoms with E-state index in [9.17, 15) is 14.4 Å². The van der Waals surface area contributed by atoms with Gasteiger partial charge in [-0.2, -0.15) is 0 Å². The molecule has 0 saturated heterocycles. The number of amides is 3. The quantitative estimate of drug-likeness (QED) is 0.100. The van der Waals surface area contributed by atoms with Crippen LogP contribution in [0.25, 0.3) is 16.8 Å². The summed E-state index contributed by atoms with van der Waals surface area (Å²) >= 11 is 7.76. The van der Waals surface area contributed by atoms with Gasteiger partial charge in [-0.25, -0.2) is 0 Å². The summed E-state index contributed by atoms with van der Waals surface area (Å²) < 4.78 is 0. The number of thioether (sulfide) groups is 1. The van der Waals surface area contributed by atoms with E-state index in [2.05, 4.69) is 16.0 Å². The van der Waals surface area contributed by atoms with Crippen LogP contribution in [0.1, 0.15) is 26.7 Å². The smallest absolute Gasteiger partial charge is 0.272 e. The van der Waals surface area contributed by atoms with Crippen LogP contribution in [0.4, 0.5) is 11.4 Å². The van der Waals surface area contributed by atoms with Crippen molar-refractivity contribution in [3.8, 4) is 0 Å². The van der Waals surface area contributed by atoms with E-state index >= 15 is 0 Å². The van der Waals surface area contributed by atoms with E-state index in [1.54, 1.807) is 66.7 Å². The molecule has 6 rings (SSSR count). The van der Waals surface area contributed by atoms with Crippen molar-refractivity contribution in [2.24, 2.45) is 0 Å². The summed E-state index contributed by atoms with van der Waals surface area (Å²) in [6.45, 7) is 0. The highest BCUT2D eigenvalue weighted by Gasteiger charge is 2.23. The van der Waals surface area contributed by atoms with Gasteiger partial charge in [0.2, 0.25) is 5.91 Å². The first-order valence-electron chi connectivity index (χ1n) is 15.2. The molecule has 6 aromatic rings. The summed E-state index contributed by atoms with van der Waals surface area (Å²) in [7, 11) is 0.